The van der Waals surface area contributed by atoms with E-state index in [9.17, 15) is 4.79 Å². The van der Waals surface area contributed by atoms with Crippen molar-refractivity contribution in [3.63, 3.8) is 0 Å². The van der Waals surface area contributed by atoms with Gasteiger partial charge in [-0.05, 0) is 19.3 Å². The number of hydrogen-bond donors (Lipinski definition) is 1. The van der Waals surface area contributed by atoms with E-state index in [0.717, 1.165) is 25.7 Å². The molecular formula is C9H18O3. The summed E-state index contributed by atoms with van der Waals surface area (Å²) >= 11 is 0. The number of hydrogen-bond acceptors (Lipinski definition) is 3. The van der Waals surface area contributed by atoms with Crippen LogP contribution < -0.4 is 0 Å². The minimum atomic E-state index is -0.0353. The number of aldehydes is 1. The summed E-state index contributed by atoms with van der Waals surface area (Å²) in [6.45, 7) is 3.50. The van der Waals surface area contributed by atoms with Gasteiger partial charge in [-0.15, -0.1) is 0 Å². The zero-order chi connectivity index (χ0) is 9.23. The van der Waals surface area contributed by atoms with Crippen LogP contribution in [0.3, 0.4) is 0 Å². The largest absolute Gasteiger partial charge is 0.396 e. The summed E-state index contributed by atoms with van der Waals surface area (Å²) in [5.74, 6) is -0.0353. The lowest BCUT2D eigenvalue weighted by atomic mass is 10.1. The Bertz CT molecular complexity index is 104. The molecule has 3 heteroatoms. The molecule has 1 N–H and O–H groups in total. The second kappa shape index (κ2) is 8.68. The minimum Gasteiger partial charge on any atom is -0.396 e. The van der Waals surface area contributed by atoms with Gasteiger partial charge in [0.2, 0.25) is 0 Å². The maximum Gasteiger partial charge on any atom is 0.123 e. The lowest BCUT2D eigenvalue weighted by Crippen LogP contribution is -2.08. The van der Waals surface area contributed by atoms with E-state index < -0.39 is 0 Å². The summed E-state index contributed by atoms with van der Waals surface area (Å²) in [4.78, 5) is 10.4. The van der Waals surface area contributed by atoms with Gasteiger partial charge in [-0.2, -0.15) is 0 Å². The van der Waals surface area contributed by atoms with E-state index in [0.29, 0.717) is 13.0 Å². The summed E-state index contributed by atoms with van der Waals surface area (Å²) < 4.78 is 5.22. The Morgan fingerprint density at radius 1 is 1.42 bits per heavy atom. The molecule has 0 aliphatic carbocycles. The molecule has 0 aromatic heterocycles. The molecule has 3 nitrogen and oxygen atoms in total. The van der Waals surface area contributed by atoms with Crippen LogP contribution in [0.4, 0.5) is 0 Å². The van der Waals surface area contributed by atoms with Crippen LogP contribution in [0, 0.1) is 5.92 Å². The maximum absolute atomic E-state index is 10.4. The Morgan fingerprint density at radius 3 is 2.67 bits per heavy atom. The molecule has 1 unspecified atom stereocenters. The molecule has 0 aromatic carbocycles. The predicted octanol–water partition coefficient (Wildman–Crippen LogP) is 1.00. The number of aliphatic hydroxyl groups excluding tert-OH is 1. The zero-order valence-electron chi connectivity index (χ0n) is 7.66. The van der Waals surface area contributed by atoms with E-state index in [1.807, 2.05) is 6.92 Å². The van der Waals surface area contributed by atoms with Gasteiger partial charge in [0.25, 0.3) is 0 Å². The monoisotopic (exact) mass is 174 g/mol. The second-order valence-corrected chi connectivity index (χ2v) is 2.81. The number of carbonyl (C=O) groups is 1. The standard InChI is InChI=1S/C9H18O3/c1-2-6-12-7-4-9(8-11)3-5-10/h8-10H,2-7H2,1H3. The molecule has 0 heterocycles. The third kappa shape index (κ3) is 6.31. The molecule has 0 radical (unpaired) electrons. The van der Waals surface area contributed by atoms with Gasteiger partial charge in [-0.3, -0.25) is 0 Å². The van der Waals surface area contributed by atoms with Crippen LogP contribution in [0.5, 0.6) is 0 Å². The highest BCUT2D eigenvalue weighted by Crippen LogP contribution is 2.04. The maximum atomic E-state index is 10.4. The fourth-order valence-electron chi connectivity index (χ4n) is 0.927. The van der Waals surface area contributed by atoms with Crippen LogP contribution >= 0.6 is 0 Å². The van der Waals surface area contributed by atoms with E-state index in [1.165, 1.54) is 0 Å². The molecule has 0 bridgehead atoms. The first kappa shape index (κ1) is 11.6. The van der Waals surface area contributed by atoms with Gasteiger partial charge in [0.1, 0.15) is 6.29 Å². The Balaban J connectivity index is 3.25. The van der Waals surface area contributed by atoms with Gasteiger partial charge < -0.3 is 14.6 Å². The van der Waals surface area contributed by atoms with Crippen molar-refractivity contribution < 1.29 is 14.6 Å². The van der Waals surface area contributed by atoms with Crippen LogP contribution in [0.1, 0.15) is 26.2 Å². The lowest BCUT2D eigenvalue weighted by Gasteiger charge is -2.07. The Labute approximate surface area is 73.7 Å². The summed E-state index contributed by atoms with van der Waals surface area (Å²) in [5, 5.41) is 8.57. The van der Waals surface area contributed by atoms with Crippen LogP contribution in [0.2, 0.25) is 0 Å². The lowest BCUT2D eigenvalue weighted by molar-refractivity contribution is -0.112. The Kier molecular flexibility index (Phi) is 8.39. The highest BCUT2D eigenvalue weighted by molar-refractivity contribution is 5.53. The average Bonchev–Trinajstić information content (AvgIpc) is 2.10. The highest BCUT2D eigenvalue weighted by atomic mass is 16.5. The van der Waals surface area contributed by atoms with Gasteiger partial charge in [-0.1, -0.05) is 6.92 Å². The third-order valence-corrected chi connectivity index (χ3v) is 1.67. The van der Waals surface area contributed by atoms with Crippen LogP contribution in [-0.4, -0.2) is 31.2 Å². The topological polar surface area (TPSA) is 46.5 Å². The molecule has 0 aromatic rings. The first-order valence-corrected chi connectivity index (χ1v) is 4.49. The van der Waals surface area contributed by atoms with Gasteiger partial charge in [-0.25, -0.2) is 0 Å². The first-order valence-electron chi connectivity index (χ1n) is 4.49. The molecule has 0 rings (SSSR count). The Hall–Kier alpha value is -0.410. The zero-order valence-corrected chi connectivity index (χ0v) is 7.66. The highest BCUT2D eigenvalue weighted by Gasteiger charge is 2.05. The van der Waals surface area contributed by atoms with Crippen molar-refractivity contribution in [1.82, 2.24) is 0 Å². The summed E-state index contributed by atoms with van der Waals surface area (Å²) in [7, 11) is 0. The molecule has 0 amide bonds. The van der Waals surface area contributed by atoms with Gasteiger partial charge >= 0.3 is 0 Å². The van der Waals surface area contributed by atoms with E-state index in [4.69, 9.17) is 9.84 Å². The SMILES string of the molecule is CCCOCCC(C=O)CCO. The van der Waals surface area contributed by atoms with E-state index in [1.54, 1.807) is 0 Å². The smallest absolute Gasteiger partial charge is 0.123 e. The molecule has 12 heavy (non-hydrogen) atoms. The van der Waals surface area contributed by atoms with E-state index in [2.05, 4.69) is 0 Å². The van der Waals surface area contributed by atoms with Crippen molar-refractivity contribution in [3.05, 3.63) is 0 Å². The van der Waals surface area contributed by atoms with Crippen molar-refractivity contribution in [2.45, 2.75) is 26.2 Å². The van der Waals surface area contributed by atoms with Crippen LogP contribution in [0.25, 0.3) is 0 Å². The minimum absolute atomic E-state index is 0.0353. The summed E-state index contributed by atoms with van der Waals surface area (Å²) in [5.41, 5.74) is 0. The summed E-state index contributed by atoms with van der Waals surface area (Å²) in [6, 6.07) is 0. The fourth-order valence-corrected chi connectivity index (χ4v) is 0.927. The van der Waals surface area contributed by atoms with Crippen molar-refractivity contribution in [2.75, 3.05) is 19.8 Å². The number of carbonyl (C=O) groups excluding carboxylic acids is 1. The molecule has 0 saturated carbocycles. The summed E-state index contributed by atoms with van der Waals surface area (Å²) in [6.07, 6.45) is 3.18. The Morgan fingerprint density at radius 2 is 2.17 bits per heavy atom. The predicted molar refractivity (Wildman–Crippen MR) is 47.0 cm³/mol. The molecule has 0 aliphatic heterocycles. The van der Waals surface area contributed by atoms with Gasteiger partial charge in [0.05, 0.1) is 0 Å². The van der Waals surface area contributed by atoms with Crippen molar-refractivity contribution in [2.24, 2.45) is 5.92 Å². The normalized spacial score (nSPS) is 12.8. The first-order chi connectivity index (χ1) is 5.85. The van der Waals surface area contributed by atoms with Gasteiger partial charge in [0.15, 0.2) is 0 Å². The average molecular weight is 174 g/mol. The second-order valence-electron chi connectivity index (χ2n) is 2.81. The third-order valence-electron chi connectivity index (χ3n) is 1.67. The van der Waals surface area contributed by atoms with Crippen molar-refractivity contribution in [1.29, 1.82) is 0 Å². The number of rotatable bonds is 8. The quantitative estimate of drug-likeness (QED) is 0.441. The van der Waals surface area contributed by atoms with Crippen LogP contribution in [-0.2, 0) is 9.53 Å². The molecule has 0 aliphatic rings. The van der Waals surface area contributed by atoms with Crippen LogP contribution in [0.15, 0.2) is 0 Å². The van der Waals surface area contributed by atoms with Crippen molar-refractivity contribution in [3.8, 4) is 0 Å². The number of aliphatic hydroxyl groups is 1. The van der Waals surface area contributed by atoms with Gasteiger partial charge in [0, 0.05) is 25.7 Å². The van der Waals surface area contributed by atoms with E-state index >= 15 is 0 Å². The molecule has 0 spiro atoms. The van der Waals surface area contributed by atoms with Crippen molar-refractivity contribution >= 4 is 6.29 Å². The molecular weight excluding hydrogens is 156 g/mol. The molecule has 0 fully saturated rings. The fraction of sp³-hybridized carbons (Fsp3) is 0.889. The van der Waals surface area contributed by atoms with E-state index in [-0.39, 0.29) is 12.5 Å². The molecule has 0 saturated heterocycles. The number of ether oxygens (including phenoxy) is 1. The molecule has 72 valence electrons. The molecule has 1 atom stereocenters.